The SMILES string of the molecule is COc1cc([N+](=O)[O-])cc(C=NNc2ccccc2)c1O. The van der Waals surface area contributed by atoms with Crippen LogP contribution in [-0.2, 0) is 0 Å². The molecule has 0 heterocycles. The van der Waals surface area contributed by atoms with Crippen molar-refractivity contribution in [3.63, 3.8) is 0 Å². The average molecular weight is 287 g/mol. The van der Waals surface area contributed by atoms with Gasteiger partial charge in [0.25, 0.3) is 5.69 Å². The van der Waals surface area contributed by atoms with Gasteiger partial charge in [-0.05, 0) is 12.1 Å². The first-order valence-corrected chi connectivity index (χ1v) is 6.01. The number of rotatable bonds is 5. The number of aromatic hydroxyl groups is 1. The fourth-order valence-corrected chi connectivity index (χ4v) is 1.66. The van der Waals surface area contributed by atoms with E-state index in [4.69, 9.17) is 4.74 Å². The molecule has 0 radical (unpaired) electrons. The summed E-state index contributed by atoms with van der Waals surface area (Å²) >= 11 is 0. The van der Waals surface area contributed by atoms with E-state index in [2.05, 4.69) is 10.5 Å². The fourth-order valence-electron chi connectivity index (χ4n) is 1.66. The van der Waals surface area contributed by atoms with Gasteiger partial charge in [0.1, 0.15) is 0 Å². The Hall–Kier alpha value is -3.09. The molecule has 0 saturated carbocycles. The number of anilines is 1. The highest BCUT2D eigenvalue weighted by molar-refractivity contribution is 5.86. The lowest BCUT2D eigenvalue weighted by Crippen LogP contribution is -1.96. The van der Waals surface area contributed by atoms with E-state index >= 15 is 0 Å². The van der Waals surface area contributed by atoms with Gasteiger partial charge in [0.05, 0.1) is 30.0 Å². The fraction of sp³-hybridized carbons (Fsp3) is 0.0714. The minimum atomic E-state index is -0.566. The third-order valence-electron chi connectivity index (χ3n) is 2.69. The third kappa shape index (κ3) is 3.47. The number of phenolic OH excluding ortho intramolecular Hbond substituents is 1. The maximum atomic E-state index is 10.8. The van der Waals surface area contributed by atoms with E-state index in [1.807, 2.05) is 30.3 Å². The first-order chi connectivity index (χ1) is 10.1. The maximum absolute atomic E-state index is 10.8. The van der Waals surface area contributed by atoms with Crippen molar-refractivity contribution in [2.24, 2.45) is 5.10 Å². The summed E-state index contributed by atoms with van der Waals surface area (Å²) in [5.41, 5.74) is 3.51. The number of hydrogen-bond donors (Lipinski definition) is 2. The van der Waals surface area contributed by atoms with Crippen LogP contribution in [-0.4, -0.2) is 23.4 Å². The van der Waals surface area contributed by atoms with Crippen LogP contribution >= 0.6 is 0 Å². The highest BCUT2D eigenvalue weighted by Crippen LogP contribution is 2.33. The molecule has 2 rings (SSSR count). The smallest absolute Gasteiger partial charge is 0.274 e. The van der Waals surface area contributed by atoms with Crippen LogP contribution in [0.25, 0.3) is 0 Å². The number of hydrogen-bond acceptors (Lipinski definition) is 6. The van der Waals surface area contributed by atoms with E-state index in [0.717, 1.165) is 11.8 Å². The van der Waals surface area contributed by atoms with Crippen molar-refractivity contribution in [1.82, 2.24) is 0 Å². The second-order valence-electron chi connectivity index (χ2n) is 4.08. The Morgan fingerprint density at radius 3 is 2.67 bits per heavy atom. The Labute approximate surface area is 120 Å². The van der Waals surface area contributed by atoms with Gasteiger partial charge in [0.2, 0.25) is 0 Å². The van der Waals surface area contributed by atoms with E-state index in [1.54, 1.807) is 0 Å². The molecule has 0 bridgehead atoms. The number of phenols is 1. The molecule has 0 atom stereocenters. The summed E-state index contributed by atoms with van der Waals surface area (Å²) in [5, 5.41) is 24.7. The lowest BCUT2D eigenvalue weighted by molar-refractivity contribution is -0.385. The molecule has 0 spiro atoms. The number of nitrogens with zero attached hydrogens (tertiary/aromatic N) is 2. The normalized spacial score (nSPS) is 10.5. The van der Waals surface area contributed by atoms with Crippen molar-refractivity contribution in [2.45, 2.75) is 0 Å². The van der Waals surface area contributed by atoms with Crippen LogP contribution in [0.4, 0.5) is 11.4 Å². The zero-order valence-corrected chi connectivity index (χ0v) is 11.2. The number of nitro groups is 1. The second-order valence-corrected chi connectivity index (χ2v) is 4.08. The van der Waals surface area contributed by atoms with Crippen molar-refractivity contribution in [3.05, 3.63) is 58.1 Å². The lowest BCUT2D eigenvalue weighted by atomic mass is 10.2. The van der Waals surface area contributed by atoms with Crippen LogP contribution in [0.2, 0.25) is 0 Å². The van der Waals surface area contributed by atoms with Crippen LogP contribution in [0.3, 0.4) is 0 Å². The number of ether oxygens (including phenoxy) is 1. The van der Waals surface area contributed by atoms with Gasteiger partial charge in [-0.2, -0.15) is 5.10 Å². The van der Waals surface area contributed by atoms with Crippen molar-refractivity contribution in [3.8, 4) is 11.5 Å². The first-order valence-electron chi connectivity index (χ1n) is 6.01. The summed E-state index contributed by atoms with van der Waals surface area (Å²) in [6, 6.07) is 11.5. The standard InChI is InChI=1S/C14H13N3O4/c1-21-13-8-12(17(19)20)7-10(14(13)18)9-15-16-11-5-3-2-4-6-11/h2-9,16,18H,1H3. The molecule has 0 aliphatic rings. The number of nitro benzene ring substituents is 1. The predicted molar refractivity (Wildman–Crippen MR) is 79.0 cm³/mol. The molecule has 7 heteroatoms. The molecule has 108 valence electrons. The average Bonchev–Trinajstić information content (AvgIpc) is 2.49. The zero-order valence-electron chi connectivity index (χ0n) is 11.2. The lowest BCUT2D eigenvalue weighted by Gasteiger charge is -2.06. The summed E-state index contributed by atoms with van der Waals surface area (Å²) < 4.78 is 4.90. The van der Waals surface area contributed by atoms with Crippen molar-refractivity contribution >= 4 is 17.6 Å². The minimum absolute atomic E-state index is 0.0189. The minimum Gasteiger partial charge on any atom is -0.504 e. The Balaban J connectivity index is 2.26. The Kier molecular flexibility index (Phi) is 4.35. The van der Waals surface area contributed by atoms with Crippen molar-refractivity contribution in [2.75, 3.05) is 12.5 Å². The van der Waals surface area contributed by atoms with E-state index < -0.39 is 4.92 Å². The molecule has 0 saturated heterocycles. The van der Waals surface area contributed by atoms with Crippen LogP contribution in [0.1, 0.15) is 5.56 Å². The van der Waals surface area contributed by atoms with Gasteiger partial charge in [0, 0.05) is 11.6 Å². The van der Waals surface area contributed by atoms with E-state index in [-0.39, 0.29) is 22.7 Å². The molecule has 2 aromatic rings. The molecular formula is C14H13N3O4. The number of non-ortho nitro benzene ring substituents is 1. The number of hydrazone groups is 1. The number of methoxy groups -OCH3 is 1. The number of para-hydroxylation sites is 1. The molecule has 0 aromatic heterocycles. The Morgan fingerprint density at radius 2 is 2.05 bits per heavy atom. The Morgan fingerprint density at radius 1 is 1.33 bits per heavy atom. The van der Waals surface area contributed by atoms with Gasteiger partial charge in [-0.15, -0.1) is 0 Å². The van der Waals surface area contributed by atoms with Crippen LogP contribution in [0.5, 0.6) is 11.5 Å². The largest absolute Gasteiger partial charge is 0.504 e. The third-order valence-corrected chi connectivity index (χ3v) is 2.69. The van der Waals surface area contributed by atoms with Crippen molar-refractivity contribution in [1.29, 1.82) is 0 Å². The maximum Gasteiger partial charge on any atom is 0.274 e. The molecule has 0 fully saturated rings. The highest BCUT2D eigenvalue weighted by Gasteiger charge is 2.15. The van der Waals surface area contributed by atoms with Crippen LogP contribution < -0.4 is 10.2 Å². The quantitative estimate of drug-likeness (QED) is 0.500. The van der Waals surface area contributed by atoms with Gasteiger partial charge in [-0.25, -0.2) is 0 Å². The predicted octanol–water partition coefficient (Wildman–Crippen LogP) is 2.76. The molecule has 0 aliphatic carbocycles. The second kappa shape index (κ2) is 6.38. The zero-order chi connectivity index (χ0) is 15.2. The highest BCUT2D eigenvalue weighted by atomic mass is 16.6. The first kappa shape index (κ1) is 14.3. The molecule has 0 aliphatic heterocycles. The summed E-state index contributed by atoms with van der Waals surface area (Å²) in [6.45, 7) is 0. The summed E-state index contributed by atoms with van der Waals surface area (Å²) in [6.07, 6.45) is 1.29. The summed E-state index contributed by atoms with van der Waals surface area (Å²) in [5.74, 6) is -0.188. The van der Waals surface area contributed by atoms with Crippen molar-refractivity contribution < 1.29 is 14.8 Å². The van der Waals surface area contributed by atoms with Crippen LogP contribution in [0.15, 0.2) is 47.6 Å². The molecule has 0 unspecified atom stereocenters. The van der Waals surface area contributed by atoms with Gasteiger partial charge in [-0.3, -0.25) is 15.5 Å². The number of benzene rings is 2. The van der Waals surface area contributed by atoms with E-state index in [0.29, 0.717) is 0 Å². The monoisotopic (exact) mass is 287 g/mol. The van der Waals surface area contributed by atoms with Gasteiger partial charge >= 0.3 is 0 Å². The molecule has 7 nitrogen and oxygen atoms in total. The van der Waals surface area contributed by atoms with Gasteiger partial charge < -0.3 is 9.84 Å². The molecule has 21 heavy (non-hydrogen) atoms. The van der Waals surface area contributed by atoms with E-state index in [1.165, 1.54) is 19.4 Å². The molecule has 2 N–H and O–H groups in total. The molecule has 0 amide bonds. The summed E-state index contributed by atoms with van der Waals surface area (Å²) in [7, 11) is 1.32. The Bertz CT molecular complexity index is 671. The summed E-state index contributed by atoms with van der Waals surface area (Å²) in [4.78, 5) is 10.3. The molecular weight excluding hydrogens is 274 g/mol. The van der Waals surface area contributed by atoms with Gasteiger partial charge in [0.15, 0.2) is 11.5 Å². The number of nitrogens with one attached hydrogen (secondary N) is 1. The van der Waals surface area contributed by atoms with E-state index in [9.17, 15) is 15.2 Å². The topological polar surface area (TPSA) is 97.0 Å². The van der Waals surface area contributed by atoms with Crippen LogP contribution in [0, 0.1) is 10.1 Å². The molecule has 2 aromatic carbocycles. The van der Waals surface area contributed by atoms with Gasteiger partial charge in [-0.1, -0.05) is 18.2 Å².